The average Bonchev–Trinajstić information content (AvgIpc) is 2.51. The van der Waals surface area contributed by atoms with Gasteiger partial charge in [0.2, 0.25) is 5.91 Å². The molecule has 0 radical (unpaired) electrons. The lowest BCUT2D eigenvalue weighted by Crippen LogP contribution is -2.39. The largest absolute Gasteiger partial charge is 0.303 e. The van der Waals surface area contributed by atoms with Gasteiger partial charge in [0.25, 0.3) is 0 Å². The van der Waals surface area contributed by atoms with E-state index in [9.17, 15) is 9.59 Å². The molecule has 1 amide bonds. The molecule has 0 aliphatic carbocycles. The van der Waals surface area contributed by atoms with Crippen molar-refractivity contribution in [1.82, 2.24) is 0 Å². The smallest absolute Gasteiger partial charge is 0.237 e. The molecule has 0 spiro atoms. The highest BCUT2D eigenvalue weighted by atomic mass is 35.5. The van der Waals surface area contributed by atoms with Crippen molar-refractivity contribution in [3.05, 3.63) is 59.1 Å². The molecule has 0 N–H and O–H groups in total. The highest BCUT2D eigenvalue weighted by molar-refractivity contribution is 8.00. The van der Waals surface area contributed by atoms with Crippen LogP contribution in [0.25, 0.3) is 0 Å². The van der Waals surface area contributed by atoms with E-state index in [2.05, 4.69) is 0 Å². The molecule has 0 aromatic heterocycles. The van der Waals surface area contributed by atoms with Crippen LogP contribution in [0.2, 0.25) is 5.02 Å². The van der Waals surface area contributed by atoms with Crippen LogP contribution in [-0.2, 0) is 4.79 Å². The lowest BCUT2D eigenvalue weighted by atomic mass is 10.1. The van der Waals surface area contributed by atoms with Gasteiger partial charge in [-0.05, 0) is 36.4 Å². The minimum atomic E-state index is -0.0956. The Morgan fingerprint density at radius 2 is 1.86 bits per heavy atom. The van der Waals surface area contributed by atoms with E-state index in [1.54, 1.807) is 29.2 Å². The number of carbonyl (C=O) groups excluding carboxylic acids is 2. The Hall–Kier alpha value is -1.78. The third-order valence-corrected chi connectivity index (χ3v) is 4.58. The number of ketones is 1. The Morgan fingerprint density at radius 1 is 1.14 bits per heavy atom. The standard InChI is InChI=1S/C16H12ClNO2S/c17-12-7-5-11(6-8-12)14(19)9-18-13-3-1-2-4-15(13)21-10-16(18)20/h1-8H,9-10H2. The first-order chi connectivity index (χ1) is 10.1. The molecule has 2 aromatic carbocycles. The molecule has 1 heterocycles. The van der Waals surface area contributed by atoms with Gasteiger partial charge in [0, 0.05) is 15.5 Å². The highest BCUT2D eigenvalue weighted by Crippen LogP contribution is 2.34. The second-order valence-electron chi connectivity index (χ2n) is 4.67. The molecule has 0 bridgehead atoms. The van der Waals surface area contributed by atoms with E-state index in [1.807, 2.05) is 24.3 Å². The van der Waals surface area contributed by atoms with Crippen LogP contribution in [0.1, 0.15) is 10.4 Å². The number of benzene rings is 2. The zero-order valence-corrected chi connectivity index (χ0v) is 12.7. The number of hydrogen-bond acceptors (Lipinski definition) is 3. The molecular weight excluding hydrogens is 306 g/mol. The SMILES string of the molecule is O=C(CN1C(=O)CSc2ccccc21)c1ccc(Cl)cc1. The van der Waals surface area contributed by atoms with Gasteiger partial charge in [0.1, 0.15) is 0 Å². The summed E-state index contributed by atoms with van der Waals surface area (Å²) >= 11 is 7.33. The fourth-order valence-corrected chi connectivity index (χ4v) is 3.26. The van der Waals surface area contributed by atoms with Crippen molar-refractivity contribution in [2.45, 2.75) is 4.90 Å². The van der Waals surface area contributed by atoms with E-state index in [-0.39, 0.29) is 18.2 Å². The van der Waals surface area contributed by atoms with Crippen LogP contribution in [0, 0.1) is 0 Å². The van der Waals surface area contributed by atoms with Crippen molar-refractivity contribution in [2.24, 2.45) is 0 Å². The molecule has 0 fully saturated rings. The van der Waals surface area contributed by atoms with Gasteiger partial charge in [-0.3, -0.25) is 9.59 Å². The summed E-state index contributed by atoms with van der Waals surface area (Å²) in [6.07, 6.45) is 0. The van der Waals surface area contributed by atoms with Gasteiger partial charge in [-0.1, -0.05) is 23.7 Å². The van der Waals surface area contributed by atoms with Gasteiger partial charge in [-0.2, -0.15) is 0 Å². The Kier molecular flexibility index (Phi) is 3.99. The number of fused-ring (bicyclic) bond motifs is 1. The van der Waals surface area contributed by atoms with E-state index in [0.717, 1.165) is 10.6 Å². The van der Waals surface area contributed by atoms with Crippen LogP contribution in [0.5, 0.6) is 0 Å². The number of nitrogens with zero attached hydrogens (tertiary/aromatic N) is 1. The molecular formula is C16H12ClNO2S. The van der Waals surface area contributed by atoms with Crippen molar-refractivity contribution < 1.29 is 9.59 Å². The molecule has 2 aromatic rings. The maximum Gasteiger partial charge on any atom is 0.237 e. The number of anilines is 1. The summed E-state index contributed by atoms with van der Waals surface area (Å²) in [5.41, 5.74) is 1.36. The molecule has 1 aliphatic heterocycles. The molecule has 1 aliphatic rings. The minimum Gasteiger partial charge on any atom is -0.303 e. The van der Waals surface area contributed by atoms with Gasteiger partial charge in [-0.15, -0.1) is 11.8 Å². The van der Waals surface area contributed by atoms with E-state index in [0.29, 0.717) is 16.3 Å². The predicted octanol–water partition coefficient (Wildman–Crippen LogP) is 3.66. The molecule has 0 atom stereocenters. The number of hydrogen-bond donors (Lipinski definition) is 0. The van der Waals surface area contributed by atoms with Crippen LogP contribution in [0.3, 0.4) is 0 Å². The molecule has 0 unspecified atom stereocenters. The Balaban J connectivity index is 1.85. The Morgan fingerprint density at radius 3 is 2.62 bits per heavy atom. The molecule has 21 heavy (non-hydrogen) atoms. The third-order valence-electron chi connectivity index (χ3n) is 3.28. The first-order valence-corrected chi connectivity index (χ1v) is 7.82. The summed E-state index contributed by atoms with van der Waals surface area (Å²) in [7, 11) is 0. The highest BCUT2D eigenvalue weighted by Gasteiger charge is 2.26. The predicted molar refractivity (Wildman–Crippen MR) is 85.3 cm³/mol. The first kappa shape index (κ1) is 14.2. The van der Waals surface area contributed by atoms with Crippen molar-refractivity contribution in [3.8, 4) is 0 Å². The fraction of sp³-hybridized carbons (Fsp3) is 0.125. The van der Waals surface area contributed by atoms with Crippen LogP contribution < -0.4 is 4.90 Å². The molecule has 5 heteroatoms. The zero-order chi connectivity index (χ0) is 14.8. The Labute approximate surface area is 131 Å². The van der Waals surface area contributed by atoms with Crippen molar-refractivity contribution >= 4 is 40.7 Å². The van der Waals surface area contributed by atoms with Gasteiger partial charge < -0.3 is 4.90 Å². The van der Waals surface area contributed by atoms with E-state index < -0.39 is 0 Å². The molecule has 0 saturated carbocycles. The minimum absolute atomic E-state index is 0.0407. The summed E-state index contributed by atoms with van der Waals surface area (Å²) < 4.78 is 0. The number of para-hydroxylation sites is 1. The van der Waals surface area contributed by atoms with Crippen LogP contribution in [0.4, 0.5) is 5.69 Å². The van der Waals surface area contributed by atoms with Crippen molar-refractivity contribution in [1.29, 1.82) is 0 Å². The monoisotopic (exact) mass is 317 g/mol. The lowest BCUT2D eigenvalue weighted by molar-refractivity contribution is -0.116. The number of carbonyl (C=O) groups is 2. The molecule has 3 nitrogen and oxygen atoms in total. The fourth-order valence-electron chi connectivity index (χ4n) is 2.20. The quantitative estimate of drug-likeness (QED) is 0.811. The van der Waals surface area contributed by atoms with E-state index >= 15 is 0 Å². The number of Topliss-reactive ketones (excluding diaryl/α,β-unsaturated/α-hetero) is 1. The van der Waals surface area contributed by atoms with Crippen molar-refractivity contribution in [2.75, 3.05) is 17.2 Å². The maximum atomic E-state index is 12.3. The maximum absolute atomic E-state index is 12.3. The van der Waals surface area contributed by atoms with Crippen molar-refractivity contribution in [3.63, 3.8) is 0 Å². The lowest BCUT2D eigenvalue weighted by Gasteiger charge is -2.28. The number of amides is 1. The molecule has 3 rings (SSSR count). The third kappa shape index (κ3) is 2.96. The second kappa shape index (κ2) is 5.92. The Bertz CT molecular complexity index is 700. The summed E-state index contributed by atoms with van der Waals surface area (Å²) in [5.74, 6) is 0.230. The van der Waals surface area contributed by atoms with Crippen LogP contribution in [-0.4, -0.2) is 24.0 Å². The number of halogens is 1. The van der Waals surface area contributed by atoms with E-state index in [1.165, 1.54) is 11.8 Å². The van der Waals surface area contributed by atoms with Gasteiger partial charge in [-0.25, -0.2) is 0 Å². The van der Waals surface area contributed by atoms with Gasteiger partial charge >= 0.3 is 0 Å². The first-order valence-electron chi connectivity index (χ1n) is 6.46. The average molecular weight is 318 g/mol. The van der Waals surface area contributed by atoms with Gasteiger partial charge in [0.15, 0.2) is 5.78 Å². The van der Waals surface area contributed by atoms with Crippen LogP contribution in [0.15, 0.2) is 53.4 Å². The number of thioether (sulfide) groups is 1. The zero-order valence-electron chi connectivity index (χ0n) is 11.1. The van der Waals surface area contributed by atoms with Crippen LogP contribution >= 0.6 is 23.4 Å². The van der Waals surface area contributed by atoms with E-state index in [4.69, 9.17) is 11.6 Å². The normalized spacial score (nSPS) is 14.0. The summed E-state index contributed by atoms with van der Waals surface area (Å²) in [4.78, 5) is 27.0. The summed E-state index contributed by atoms with van der Waals surface area (Å²) in [5, 5.41) is 0.586. The molecule has 106 valence electrons. The summed E-state index contributed by atoms with van der Waals surface area (Å²) in [6, 6.07) is 14.4. The molecule has 0 saturated heterocycles. The second-order valence-corrected chi connectivity index (χ2v) is 6.12. The summed E-state index contributed by atoms with van der Waals surface area (Å²) in [6.45, 7) is 0.0536. The topological polar surface area (TPSA) is 37.4 Å². The van der Waals surface area contributed by atoms with Gasteiger partial charge in [0.05, 0.1) is 18.0 Å². The number of rotatable bonds is 3.